The maximum Gasteiger partial charge on any atom is 0.161 e. The van der Waals surface area contributed by atoms with Crippen molar-refractivity contribution in [2.45, 2.75) is 26.4 Å². The summed E-state index contributed by atoms with van der Waals surface area (Å²) in [4.78, 5) is 0. The van der Waals surface area contributed by atoms with Crippen LogP contribution in [0.5, 0.6) is 11.5 Å². The molecule has 112 valence electrons. The minimum Gasteiger partial charge on any atom is -0.493 e. The average molecular weight is 285 g/mol. The lowest BCUT2D eigenvalue weighted by molar-refractivity contribution is 0.354. The molecule has 0 aliphatic heterocycles. The van der Waals surface area contributed by atoms with E-state index in [4.69, 9.17) is 9.47 Å². The van der Waals surface area contributed by atoms with Gasteiger partial charge in [0.2, 0.25) is 0 Å². The molecule has 0 radical (unpaired) electrons. The summed E-state index contributed by atoms with van der Waals surface area (Å²) in [6.45, 7) is 3.83. The Morgan fingerprint density at radius 3 is 1.95 bits per heavy atom. The van der Waals surface area contributed by atoms with Gasteiger partial charge in [0.25, 0.3) is 0 Å². The van der Waals surface area contributed by atoms with Crippen molar-refractivity contribution >= 4 is 0 Å². The molecule has 0 atom stereocenters. The Balaban J connectivity index is 1.90. The van der Waals surface area contributed by atoms with Crippen molar-refractivity contribution in [2.24, 2.45) is 0 Å². The molecule has 0 aliphatic carbocycles. The Bertz CT molecular complexity index is 564. The highest BCUT2D eigenvalue weighted by atomic mass is 16.5. The van der Waals surface area contributed by atoms with E-state index in [-0.39, 0.29) is 0 Å². The van der Waals surface area contributed by atoms with Crippen LogP contribution in [-0.4, -0.2) is 14.2 Å². The summed E-state index contributed by atoms with van der Waals surface area (Å²) in [6, 6.07) is 14.7. The summed E-state index contributed by atoms with van der Waals surface area (Å²) in [5.74, 6) is 1.53. The quantitative estimate of drug-likeness (QED) is 0.844. The molecule has 0 spiro atoms. The fourth-order valence-electron chi connectivity index (χ4n) is 2.23. The van der Waals surface area contributed by atoms with E-state index in [2.05, 4.69) is 42.6 Å². The van der Waals surface area contributed by atoms with Gasteiger partial charge in [0.15, 0.2) is 11.5 Å². The molecule has 2 aromatic rings. The Labute approximate surface area is 126 Å². The zero-order chi connectivity index (χ0) is 15.1. The van der Waals surface area contributed by atoms with Gasteiger partial charge >= 0.3 is 0 Å². The first-order chi connectivity index (χ1) is 10.3. The molecule has 3 heteroatoms. The van der Waals surface area contributed by atoms with Gasteiger partial charge < -0.3 is 14.8 Å². The van der Waals surface area contributed by atoms with E-state index in [0.29, 0.717) is 0 Å². The molecule has 0 saturated carbocycles. The van der Waals surface area contributed by atoms with E-state index in [1.165, 1.54) is 16.7 Å². The van der Waals surface area contributed by atoms with Gasteiger partial charge in [-0.05, 0) is 35.2 Å². The van der Waals surface area contributed by atoms with Crippen LogP contribution < -0.4 is 14.8 Å². The largest absolute Gasteiger partial charge is 0.493 e. The van der Waals surface area contributed by atoms with Gasteiger partial charge in [-0.15, -0.1) is 0 Å². The molecule has 0 fully saturated rings. The molecule has 0 aromatic heterocycles. The minimum atomic E-state index is 0.761. The molecule has 0 unspecified atom stereocenters. The molecule has 2 aromatic carbocycles. The Morgan fingerprint density at radius 2 is 1.33 bits per heavy atom. The second-order valence-corrected chi connectivity index (χ2v) is 4.96. The number of benzene rings is 2. The number of methoxy groups -OCH3 is 2. The lowest BCUT2D eigenvalue weighted by Crippen LogP contribution is -2.12. The molecule has 1 N–H and O–H groups in total. The SMILES string of the molecule is CCc1ccc(CNCc2ccc(OC)c(OC)c2)cc1. The third-order valence-electron chi connectivity index (χ3n) is 3.54. The molecule has 21 heavy (non-hydrogen) atoms. The second kappa shape index (κ2) is 7.70. The fourth-order valence-corrected chi connectivity index (χ4v) is 2.23. The van der Waals surface area contributed by atoms with E-state index in [0.717, 1.165) is 31.0 Å². The number of rotatable bonds is 7. The lowest BCUT2D eigenvalue weighted by Gasteiger charge is -2.10. The predicted octanol–water partition coefficient (Wildman–Crippen LogP) is 3.56. The maximum atomic E-state index is 5.31. The van der Waals surface area contributed by atoms with Gasteiger partial charge in [-0.2, -0.15) is 0 Å². The summed E-state index contributed by atoms with van der Waals surface area (Å²) >= 11 is 0. The van der Waals surface area contributed by atoms with Crippen LogP contribution in [-0.2, 0) is 19.5 Å². The van der Waals surface area contributed by atoms with E-state index in [1.807, 2.05) is 12.1 Å². The Kier molecular flexibility index (Phi) is 5.64. The molecule has 0 heterocycles. The highest BCUT2D eigenvalue weighted by molar-refractivity contribution is 5.42. The molecular weight excluding hydrogens is 262 g/mol. The summed E-state index contributed by atoms with van der Waals surface area (Å²) in [5.41, 5.74) is 3.85. The third-order valence-corrected chi connectivity index (χ3v) is 3.54. The van der Waals surface area contributed by atoms with Crippen molar-refractivity contribution in [3.05, 3.63) is 59.2 Å². The van der Waals surface area contributed by atoms with Crippen molar-refractivity contribution in [3.63, 3.8) is 0 Å². The van der Waals surface area contributed by atoms with Gasteiger partial charge in [-0.1, -0.05) is 37.3 Å². The van der Waals surface area contributed by atoms with E-state index in [1.54, 1.807) is 14.2 Å². The number of ether oxygens (including phenoxy) is 2. The van der Waals surface area contributed by atoms with Gasteiger partial charge in [-0.25, -0.2) is 0 Å². The van der Waals surface area contributed by atoms with Gasteiger partial charge in [-0.3, -0.25) is 0 Å². The zero-order valence-corrected chi connectivity index (χ0v) is 13.0. The Morgan fingerprint density at radius 1 is 0.762 bits per heavy atom. The van der Waals surface area contributed by atoms with Gasteiger partial charge in [0.05, 0.1) is 14.2 Å². The van der Waals surface area contributed by atoms with Crippen molar-refractivity contribution in [1.29, 1.82) is 0 Å². The summed E-state index contributed by atoms with van der Waals surface area (Å²) < 4.78 is 10.6. The van der Waals surface area contributed by atoms with E-state index in [9.17, 15) is 0 Å². The van der Waals surface area contributed by atoms with Crippen molar-refractivity contribution in [1.82, 2.24) is 5.32 Å². The predicted molar refractivity (Wildman–Crippen MR) is 85.9 cm³/mol. The van der Waals surface area contributed by atoms with Gasteiger partial charge in [0.1, 0.15) is 0 Å². The molecular formula is C18H23NO2. The summed E-state index contributed by atoms with van der Waals surface area (Å²) in [6.07, 6.45) is 1.08. The first-order valence-electron chi connectivity index (χ1n) is 7.26. The van der Waals surface area contributed by atoms with Crippen LogP contribution in [0.4, 0.5) is 0 Å². The van der Waals surface area contributed by atoms with Crippen LogP contribution in [0.25, 0.3) is 0 Å². The van der Waals surface area contributed by atoms with Crippen LogP contribution in [0, 0.1) is 0 Å². The van der Waals surface area contributed by atoms with Crippen molar-refractivity contribution in [3.8, 4) is 11.5 Å². The van der Waals surface area contributed by atoms with Crippen molar-refractivity contribution in [2.75, 3.05) is 14.2 Å². The zero-order valence-electron chi connectivity index (χ0n) is 13.0. The third kappa shape index (κ3) is 4.23. The number of hydrogen-bond donors (Lipinski definition) is 1. The van der Waals surface area contributed by atoms with Crippen LogP contribution >= 0.6 is 0 Å². The average Bonchev–Trinajstić information content (AvgIpc) is 2.55. The van der Waals surface area contributed by atoms with E-state index < -0.39 is 0 Å². The normalized spacial score (nSPS) is 10.4. The first-order valence-corrected chi connectivity index (χ1v) is 7.26. The second-order valence-electron chi connectivity index (χ2n) is 4.96. The number of hydrogen-bond acceptors (Lipinski definition) is 3. The van der Waals surface area contributed by atoms with Gasteiger partial charge in [0, 0.05) is 13.1 Å². The fraction of sp³-hybridized carbons (Fsp3) is 0.333. The standard InChI is InChI=1S/C18H23NO2/c1-4-14-5-7-15(8-6-14)12-19-13-16-9-10-17(20-2)18(11-16)21-3/h5-11,19H,4,12-13H2,1-3H3. The molecule has 0 aliphatic rings. The minimum absolute atomic E-state index is 0.761. The molecule has 2 rings (SSSR count). The van der Waals surface area contributed by atoms with E-state index >= 15 is 0 Å². The molecule has 0 amide bonds. The van der Waals surface area contributed by atoms with Crippen LogP contribution in [0.3, 0.4) is 0 Å². The van der Waals surface area contributed by atoms with Crippen LogP contribution in [0.1, 0.15) is 23.6 Å². The van der Waals surface area contributed by atoms with Crippen LogP contribution in [0.2, 0.25) is 0 Å². The number of nitrogens with one attached hydrogen (secondary N) is 1. The highest BCUT2D eigenvalue weighted by Gasteiger charge is 2.04. The van der Waals surface area contributed by atoms with Crippen LogP contribution in [0.15, 0.2) is 42.5 Å². The summed E-state index contributed by atoms with van der Waals surface area (Å²) in [7, 11) is 3.31. The summed E-state index contributed by atoms with van der Waals surface area (Å²) in [5, 5.41) is 3.45. The highest BCUT2D eigenvalue weighted by Crippen LogP contribution is 2.27. The van der Waals surface area contributed by atoms with Crippen molar-refractivity contribution < 1.29 is 9.47 Å². The molecule has 3 nitrogen and oxygen atoms in total. The smallest absolute Gasteiger partial charge is 0.161 e. The number of aryl methyl sites for hydroxylation is 1. The molecule has 0 bridgehead atoms. The lowest BCUT2D eigenvalue weighted by atomic mass is 10.1. The Hall–Kier alpha value is -2.00. The molecule has 0 saturated heterocycles. The monoisotopic (exact) mass is 285 g/mol. The topological polar surface area (TPSA) is 30.5 Å². The maximum absolute atomic E-state index is 5.31. The first kappa shape index (κ1) is 15.4.